The Morgan fingerprint density at radius 1 is 1.50 bits per heavy atom. The van der Waals surface area contributed by atoms with E-state index in [2.05, 4.69) is 15.6 Å². The Labute approximate surface area is 106 Å². The van der Waals surface area contributed by atoms with Crippen molar-refractivity contribution in [3.63, 3.8) is 0 Å². The highest BCUT2D eigenvalue weighted by Crippen LogP contribution is 2.11. The van der Waals surface area contributed by atoms with Crippen LogP contribution in [-0.4, -0.2) is 28.4 Å². The molecule has 0 bridgehead atoms. The van der Waals surface area contributed by atoms with Crippen LogP contribution in [0.25, 0.3) is 5.65 Å². The molecule has 0 radical (unpaired) electrons. The van der Waals surface area contributed by atoms with E-state index in [1.165, 1.54) is 0 Å². The maximum Gasteiger partial charge on any atom is 0.236 e. The Bertz CT molecular complexity index is 561. The largest absolute Gasteiger partial charge is 0.358 e. The third-order valence-electron chi connectivity index (χ3n) is 3.04. The molecule has 1 amide bonds. The highest BCUT2D eigenvalue weighted by molar-refractivity contribution is 5.80. The van der Waals surface area contributed by atoms with Crippen LogP contribution in [0.2, 0.25) is 0 Å². The Morgan fingerprint density at radius 2 is 2.28 bits per heavy atom. The lowest BCUT2D eigenvalue weighted by molar-refractivity contribution is -0.122. The number of aryl methyl sites for hydroxylation is 1. The van der Waals surface area contributed by atoms with E-state index in [0.29, 0.717) is 6.54 Å². The van der Waals surface area contributed by atoms with E-state index in [0.717, 1.165) is 17.0 Å². The summed E-state index contributed by atoms with van der Waals surface area (Å²) in [6.07, 6.45) is 1.98. The summed E-state index contributed by atoms with van der Waals surface area (Å²) in [4.78, 5) is 15.9. The van der Waals surface area contributed by atoms with Gasteiger partial charge in [-0.2, -0.15) is 0 Å². The van der Waals surface area contributed by atoms with Crippen molar-refractivity contribution in [3.8, 4) is 0 Å². The maximum absolute atomic E-state index is 11.4. The Hall–Kier alpha value is -1.88. The molecule has 1 unspecified atom stereocenters. The zero-order valence-corrected chi connectivity index (χ0v) is 10.9. The van der Waals surface area contributed by atoms with Crippen LogP contribution in [0.1, 0.15) is 18.3 Å². The minimum Gasteiger partial charge on any atom is -0.358 e. The van der Waals surface area contributed by atoms with E-state index in [-0.39, 0.29) is 11.9 Å². The van der Waals surface area contributed by atoms with Gasteiger partial charge in [0.1, 0.15) is 5.65 Å². The van der Waals surface area contributed by atoms with Crippen molar-refractivity contribution < 1.29 is 4.79 Å². The lowest BCUT2D eigenvalue weighted by Gasteiger charge is -2.12. The van der Waals surface area contributed by atoms with Gasteiger partial charge >= 0.3 is 0 Å². The third kappa shape index (κ3) is 2.36. The van der Waals surface area contributed by atoms with Crippen LogP contribution in [0.3, 0.4) is 0 Å². The van der Waals surface area contributed by atoms with Crippen molar-refractivity contribution in [2.24, 2.45) is 0 Å². The van der Waals surface area contributed by atoms with Crippen molar-refractivity contribution in [3.05, 3.63) is 35.8 Å². The SMILES string of the molecule is CNC(=O)C(C)NCc1c(C)nc2ccccn12. The first kappa shape index (κ1) is 12.6. The molecule has 0 aliphatic rings. The normalized spacial score (nSPS) is 12.6. The molecule has 0 saturated carbocycles. The van der Waals surface area contributed by atoms with Crippen molar-refractivity contribution in [1.29, 1.82) is 0 Å². The molecule has 2 heterocycles. The molecule has 0 aliphatic heterocycles. The average Bonchev–Trinajstić information content (AvgIpc) is 2.70. The predicted octanol–water partition coefficient (Wildman–Crippen LogP) is 0.867. The van der Waals surface area contributed by atoms with Crippen LogP contribution in [-0.2, 0) is 11.3 Å². The second-order valence-electron chi connectivity index (χ2n) is 4.29. The second-order valence-corrected chi connectivity index (χ2v) is 4.29. The van der Waals surface area contributed by atoms with Gasteiger partial charge in [0.25, 0.3) is 0 Å². The van der Waals surface area contributed by atoms with Gasteiger partial charge in [0.15, 0.2) is 0 Å². The van der Waals surface area contributed by atoms with Gasteiger partial charge in [0.2, 0.25) is 5.91 Å². The number of amides is 1. The number of hydrogen-bond acceptors (Lipinski definition) is 3. The summed E-state index contributed by atoms with van der Waals surface area (Å²) in [7, 11) is 1.64. The topological polar surface area (TPSA) is 58.4 Å². The molecule has 2 N–H and O–H groups in total. The van der Waals surface area contributed by atoms with E-state index >= 15 is 0 Å². The summed E-state index contributed by atoms with van der Waals surface area (Å²) >= 11 is 0. The van der Waals surface area contributed by atoms with Gasteiger partial charge in [-0.3, -0.25) is 4.79 Å². The van der Waals surface area contributed by atoms with E-state index in [1.807, 2.05) is 42.6 Å². The summed E-state index contributed by atoms with van der Waals surface area (Å²) in [5.74, 6) is -0.0125. The summed E-state index contributed by atoms with van der Waals surface area (Å²) in [6, 6.07) is 5.69. The highest BCUT2D eigenvalue weighted by Gasteiger charge is 2.13. The first-order chi connectivity index (χ1) is 8.63. The zero-order chi connectivity index (χ0) is 13.1. The second kappa shape index (κ2) is 5.18. The average molecular weight is 246 g/mol. The Kier molecular flexibility index (Phi) is 3.62. The number of imidazole rings is 1. The number of fused-ring (bicyclic) bond motifs is 1. The number of nitrogens with zero attached hydrogens (tertiary/aromatic N) is 2. The summed E-state index contributed by atoms with van der Waals surface area (Å²) in [5, 5.41) is 5.82. The fraction of sp³-hybridized carbons (Fsp3) is 0.385. The van der Waals surface area contributed by atoms with Gasteiger partial charge in [-0.15, -0.1) is 0 Å². The standard InChI is InChI=1S/C13H18N4O/c1-9-11(8-15-10(2)13(18)14-3)17-7-5-4-6-12(17)16-9/h4-7,10,15H,8H2,1-3H3,(H,14,18). The number of nitrogens with one attached hydrogen (secondary N) is 2. The molecular formula is C13H18N4O. The van der Waals surface area contributed by atoms with E-state index in [9.17, 15) is 4.79 Å². The molecule has 0 saturated heterocycles. The third-order valence-corrected chi connectivity index (χ3v) is 3.04. The molecule has 5 nitrogen and oxygen atoms in total. The van der Waals surface area contributed by atoms with Gasteiger partial charge in [0, 0.05) is 19.8 Å². The summed E-state index contributed by atoms with van der Waals surface area (Å²) < 4.78 is 2.04. The van der Waals surface area contributed by atoms with Crippen LogP contribution < -0.4 is 10.6 Å². The van der Waals surface area contributed by atoms with Gasteiger partial charge in [0.05, 0.1) is 17.4 Å². The van der Waals surface area contributed by atoms with E-state index < -0.39 is 0 Å². The maximum atomic E-state index is 11.4. The monoisotopic (exact) mass is 246 g/mol. The fourth-order valence-electron chi connectivity index (χ4n) is 1.94. The van der Waals surface area contributed by atoms with E-state index in [4.69, 9.17) is 0 Å². The number of rotatable bonds is 4. The molecule has 2 aromatic heterocycles. The van der Waals surface area contributed by atoms with Crippen molar-refractivity contribution in [2.75, 3.05) is 7.05 Å². The molecule has 18 heavy (non-hydrogen) atoms. The van der Waals surface area contributed by atoms with Gasteiger partial charge in [-0.25, -0.2) is 4.98 Å². The van der Waals surface area contributed by atoms with Crippen LogP contribution in [0.5, 0.6) is 0 Å². The van der Waals surface area contributed by atoms with Crippen molar-refractivity contribution in [2.45, 2.75) is 26.4 Å². The number of carbonyl (C=O) groups is 1. The molecule has 1 atom stereocenters. The molecule has 96 valence electrons. The fourth-order valence-corrected chi connectivity index (χ4v) is 1.94. The quantitative estimate of drug-likeness (QED) is 0.841. The molecular weight excluding hydrogens is 228 g/mol. The minimum absolute atomic E-state index is 0.0125. The number of pyridine rings is 1. The predicted molar refractivity (Wildman–Crippen MR) is 70.3 cm³/mol. The van der Waals surface area contributed by atoms with Gasteiger partial charge in [-0.05, 0) is 26.0 Å². The molecule has 2 aromatic rings. The first-order valence-electron chi connectivity index (χ1n) is 6.01. The molecule has 2 rings (SSSR count). The van der Waals surface area contributed by atoms with Gasteiger partial charge in [-0.1, -0.05) is 6.07 Å². The first-order valence-corrected chi connectivity index (χ1v) is 6.01. The lowest BCUT2D eigenvalue weighted by atomic mass is 10.3. The number of likely N-dealkylation sites (N-methyl/N-ethyl adjacent to an activating group) is 1. The molecule has 0 aromatic carbocycles. The Morgan fingerprint density at radius 3 is 3.00 bits per heavy atom. The lowest BCUT2D eigenvalue weighted by Crippen LogP contribution is -2.40. The summed E-state index contributed by atoms with van der Waals surface area (Å²) in [6.45, 7) is 4.44. The number of aromatic nitrogens is 2. The van der Waals surface area contributed by atoms with Crippen LogP contribution in [0, 0.1) is 6.92 Å². The van der Waals surface area contributed by atoms with Crippen LogP contribution >= 0.6 is 0 Å². The van der Waals surface area contributed by atoms with Gasteiger partial charge < -0.3 is 15.0 Å². The molecule has 5 heteroatoms. The Balaban J connectivity index is 2.17. The number of carbonyl (C=O) groups excluding carboxylic acids is 1. The molecule has 0 fully saturated rings. The van der Waals surface area contributed by atoms with Crippen molar-refractivity contribution >= 4 is 11.6 Å². The minimum atomic E-state index is -0.219. The highest BCUT2D eigenvalue weighted by atomic mass is 16.2. The van der Waals surface area contributed by atoms with Crippen molar-refractivity contribution in [1.82, 2.24) is 20.0 Å². The molecule has 0 aliphatic carbocycles. The summed E-state index contributed by atoms with van der Waals surface area (Å²) in [5.41, 5.74) is 3.00. The van der Waals surface area contributed by atoms with Crippen LogP contribution in [0.4, 0.5) is 0 Å². The van der Waals surface area contributed by atoms with Crippen LogP contribution in [0.15, 0.2) is 24.4 Å². The van der Waals surface area contributed by atoms with E-state index in [1.54, 1.807) is 7.05 Å². The smallest absolute Gasteiger partial charge is 0.236 e. The zero-order valence-electron chi connectivity index (χ0n) is 10.9. The number of hydrogen-bond donors (Lipinski definition) is 2. The molecule has 0 spiro atoms.